The quantitative estimate of drug-likeness (QED) is 0.841. The molecule has 0 atom stereocenters. The highest BCUT2D eigenvalue weighted by molar-refractivity contribution is 6.02. The number of amides is 1. The van der Waals surface area contributed by atoms with Crippen molar-refractivity contribution in [1.29, 1.82) is 0 Å². The summed E-state index contributed by atoms with van der Waals surface area (Å²) in [5, 5.41) is 0. The summed E-state index contributed by atoms with van der Waals surface area (Å²) in [4.78, 5) is 11.9. The van der Waals surface area contributed by atoms with Crippen LogP contribution in [0.5, 0.6) is 0 Å². The first kappa shape index (κ1) is 15.0. The van der Waals surface area contributed by atoms with Gasteiger partial charge in [-0.1, -0.05) is 25.1 Å². The maximum absolute atomic E-state index is 13.1. The number of aromatic nitrogens is 1. The molecule has 0 aliphatic carbocycles. The maximum Gasteiger partial charge on any atom is 0.251 e. The van der Waals surface area contributed by atoms with Crippen molar-refractivity contribution >= 4 is 5.91 Å². The van der Waals surface area contributed by atoms with Gasteiger partial charge in [-0.2, -0.15) is 0 Å². The van der Waals surface area contributed by atoms with E-state index in [1.807, 2.05) is 18.4 Å². The molecule has 0 aliphatic rings. The Hall–Kier alpha value is -2.36. The molecule has 2 N–H and O–H groups in total. The number of carbonyl (C=O) groups is 1. The Kier molecular flexibility index (Phi) is 4.26. The molecule has 0 aliphatic heterocycles. The molecule has 1 amide bonds. The van der Waals surface area contributed by atoms with Crippen molar-refractivity contribution in [2.75, 3.05) is 0 Å². The number of hydrogen-bond donors (Lipinski definition) is 1. The maximum atomic E-state index is 13.1. The number of halogens is 1. The van der Waals surface area contributed by atoms with Crippen molar-refractivity contribution in [1.82, 2.24) is 4.57 Å². The molecule has 2 rings (SSSR count). The standard InChI is InChI=1S/C17H19FN2O/c1-4-10-20-11(3)15(17(19)21)16(14(20)5-2)12-6-8-13(18)9-7-12/h4,6-9H,1,5,10H2,2-3H3,(H2,19,21). The monoisotopic (exact) mass is 286 g/mol. The molecule has 0 fully saturated rings. The van der Waals surface area contributed by atoms with E-state index in [4.69, 9.17) is 5.73 Å². The van der Waals surface area contributed by atoms with Gasteiger partial charge >= 0.3 is 0 Å². The molecule has 1 aromatic heterocycles. The molecule has 4 heteroatoms. The zero-order valence-corrected chi connectivity index (χ0v) is 12.3. The predicted molar refractivity (Wildman–Crippen MR) is 82.7 cm³/mol. The lowest BCUT2D eigenvalue weighted by atomic mass is 9.99. The Bertz CT molecular complexity index is 684. The van der Waals surface area contributed by atoms with Crippen LogP contribution in [0.3, 0.4) is 0 Å². The van der Waals surface area contributed by atoms with Crippen LogP contribution in [-0.4, -0.2) is 10.5 Å². The molecule has 2 aromatic rings. The van der Waals surface area contributed by atoms with Crippen LogP contribution in [0.4, 0.5) is 4.39 Å². The molecule has 0 saturated heterocycles. The molecule has 1 heterocycles. The van der Waals surface area contributed by atoms with E-state index in [-0.39, 0.29) is 5.82 Å². The summed E-state index contributed by atoms with van der Waals surface area (Å²) >= 11 is 0. The average molecular weight is 286 g/mol. The van der Waals surface area contributed by atoms with Crippen LogP contribution < -0.4 is 5.73 Å². The summed E-state index contributed by atoms with van der Waals surface area (Å²) in [5.74, 6) is -0.774. The molecule has 21 heavy (non-hydrogen) atoms. The minimum Gasteiger partial charge on any atom is -0.366 e. The summed E-state index contributed by atoms with van der Waals surface area (Å²) < 4.78 is 15.2. The number of primary amides is 1. The third kappa shape index (κ3) is 2.61. The first-order valence-corrected chi connectivity index (χ1v) is 6.89. The molecule has 0 saturated carbocycles. The minimum atomic E-state index is -0.468. The van der Waals surface area contributed by atoms with Crippen LogP contribution in [0.25, 0.3) is 11.1 Å². The third-order valence-corrected chi connectivity index (χ3v) is 3.66. The van der Waals surface area contributed by atoms with Crippen LogP contribution in [0.15, 0.2) is 36.9 Å². The minimum absolute atomic E-state index is 0.306. The highest BCUT2D eigenvalue weighted by atomic mass is 19.1. The third-order valence-electron chi connectivity index (χ3n) is 3.66. The second kappa shape index (κ2) is 5.95. The van der Waals surface area contributed by atoms with Gasteiger partial charge in [0.1, 0.15) is 5.82 Å². The second-order valence-corrected chi connectivity index (χ2v) is 4.91. The zero-order chi connectivity index (χ0) is 15.6. The van der Waals surface area contributed by atoms with E-state index in [0.29, 0.717) is 12.1 Å². The van der Waals surface area contributed by atoms with Crippen molar-refractivity contribution in [2.24, 2.45) is 5.73 Å². The molecular weight excluding hydrogens is 267 g/mol. The molecule has 1 aromatic carbocycles. The Labute approximate surface area is 123 Å². The molecule has 110 valence electrons. The summed E-state index contributed by atoms with van der Waals surface area (Å²) in [7, 11) is 0. The average Bonchev–Trinajstić information content (AvgIpc) is 2.73. The topological polar surface area (TPSA) is 48.0 Å². The highest BCUT2D eigenvalue weighted by Crippen LogP contribution is 2.33. The molecule has 0 radical (unpaired) electrons. The number of allylic oxidation sites excluding steroid dienone is 1. The van der Waals surface area contributed by atoms with Gasteiger partial charge in [0.25, 0.3) is 5.91 Å². The smallest absolute Gasteiger partial charge is 0.251 e. The van der Waals surface area contributed by atoms with Gasteiger partial charge < -0.3 is 10.3 Å². The molecule has 0 unspecified atom stereocenters. The van der Waals surface area contributed by atoms with Gasteiger partial charge in [0.2, 0.25) is 0 Å². The fourth-order valence-corrected chi connectivity index (χ4v) is 2.77. The molecular formula is C17H19FN2O. The van der Waals surface area contributed by atoms with Gasteiger partial charge in [-0.15, -0.1) is 6.58 Å². The number of rotatable bonds is 5. The van der Waals surface area contributed by atoms with Crippen LogP contribution in [0, 0.1) is 12.7 Å². The molecule has 3 nitrogen and oxygen atoms in total. The van der Waals surface area contributed by atoms with E-state index in [1.165, 1.54) is 12.1 Å². The van der Waals surface area contributed by atoms with Crippen molar-refractivity contribution in [3.63, 3.8) is 0 Å². The molecule has 0 bridgehead atoms. The zero-order valence-electron chi connectivity index (χ0n) is 12.3. The van der Waals surface area contributed by atoms with E-state index in [0.717, 1.165) is 28.9 Å². The van der Waals surface area contributed by atoms with Gasteiger partial charge in [-0.25, -0.2) is 4.39 Å². The first-order chi connectivity index (χ1) is 10.0. The number of benzene rings is 1. The lowest BCUT2D eigenvalue weighted by molar-refractivity contribution is 0.1000. The van der Waals surface area contributed by atoms with Crippen molar-refractivity contribution in [2.45, 2.75) is 26.8 Å². The Morgan fingerprint density at radius 2 is 2.00 bits per heavy atom. The first-order valence-electron chi connectivity index (χ1n) is 6.89. The number of hydrogen-bond acceptors (Lipinski definition) is 1. The SMILES string of the molecule is C=CCn1c(C)c(C(N)=O)c(-c2ccc(F)cc2)c1CC. The number of nitrogens with zero attached hydrogens (tertiary/aromatic N) is 1. The predicted octanol–water partition coefficient (Wildman–Crippen LogP) is 3.45. The van der Waals surface area contributed by atoms with E-state index < -0.39 is 5.91 Å². The van der Waals surface area contributed by atoms with Gasteiger partial charge in [-0.05, 0) is 31.0 Å². The van der Waals surface area contributed by atoms with E-state index in [2.05, 4.69) is 6.58 Å². The Balaban J connectivity index is 2.78. The van der Waals surface area contributed by atoms with Crippen LogP contribution >= 0.6 is 0 Å². The van der Waals surface area contributed by atoms with Crippen LogP contribution in [0.2, 0.25) is 0 Å². The van der Waals surface area contributed by atoms with Crippen molar-refractivity contribution < 1.29 is 9.18 Å². The van der Waals surface area contributed by atoms with Gasteiger partial charge in [0.05, 0.1) is 5.56 Å². The highest BCUT2D eigenvalue weighted by Gasteiger charge is 2.23. The summed E-state index contributed by atoms with van der Waals surface area (Å²) in [6.45, 7) is 8.25. The summed E-state index contributed by atoms with van der Waals surface area (Å²) in [6.07, 6.45) is 2.53. The lowest BCUT2D eigenvalue weighted by Crippen LogP contribution is -2.13. The fourth-order valence-electron chi connectivity index (χ4n) is 2.77. The number of carbonyl (C=O) groups excluding carboxylic acids is 1. The fraction of sp³-hybridized carbons (Fsp3) is 0.235. The van der Waals surface area contributed by atoms with E-state index >= 15 is 0 Å². The normalized spacial score (nSPS) is 10.6. The van der Waals surface area contributed by atoms with Crippen molar-refractivity contribution in [3.8, 4) is 11.1 Å². The van der Waals surface area contributed by atoms with Gasteiger partial charge in [0.15, 0.2) is 0 Å². The Morgan fingerprint density at radius 1 is 1.38 bits per heavy atom. The summed E-state index contributed by atoms with van der Waals surface area (Å²) in [5.41, 5.74) is 9.48. The van der Waals surface area contributed by atoms with E-state index in [9.17, 15) is 9.18 Å². The lowest BCUT2D eigenvalue weighted by Gasteiger charge is -2.09. The van der Waals surface area contributed by atoms with Crippen LogP contribution in [-0.2, 0) is 13.0 Å². The summed E-state index contributed by atoms with van der Waals surface area (Å²) in [6, 6.07) is 6.13. The Morgan fingerprint density at radius 3 is 2.48 bits per heavy atom. The largest absolute Gasteiger partial charge is 0.366 e. The molecule has 0 spiro atoms. The van der Waals surface area contributed by atoms with Crippen LogP contribution in [0.1, 0.15) is 28.7 Å². The second-order valence-electron chi connectivity index (χ2n) is 4.91. The van der Waals surface area contributed by atoms with Gasteiger partial charge in [-0.3, -0.25) is 4.79 Å². The van der Waals surface area contributed by atoms with Gasteiger partial charge in [0, 0.05) is 23.5 Å². The van der Waals surface area contributed by atoms with Crippen molar-refractivity contribution in [3.05, 3.63) is 59.7 Å². The van der Waals surface area contributed by atoms with E-state index in [1.54, 1.807) is 18.2 Å². The number of nitrogens with two attached hydrogens (primary N) is 1.